The third-order valence-electron chi connectivity index (χ3n) is 8.98. The number of H-pyrrole nitrogens is 1. The summed E-state index contributed by atoms with van der Waals surface area (Å²) in [6.07, 6.45) is 8.54. The molecule has 0 bridgehead atoms. The van der Waals surface area contributed by atoms with E-state index in [9.17, 15) is 4.79 Å². The molecule has 8 nitrogen and oxygen atoms in total. The quantitative estimate of drug-likeness (QED) is 0.393. The summed E-state index contributed by atoms with van der Waals surface area (Å²) in [5, 5.41) is 7.69. The number of carbonyl (C=O) groups is 1. The number of aromatic nitrogens is 4. The Morgan fingerprint density at radius 1 is 1.24 bits per heavy atom. The van der Waals surface area contributed by atoms with E-state index in [1.54, 1.807) is 6.33 Å². The number of aryl methyl sites for hydroxylation is 1. The van der Waals surface area contributed by atoms with Gasteiger partial charge in [0.25, 0.3) is 0 Å². The summed E-state index contributed by atoms with van der Waals surface area (Å²) in [7, 11) is 0. The molecule has 7 rings (SSSR count). The first kappa shape index (κ1) is 24.3. The standard InChI is InChI=1S/C29H36N6O2S/c1-17(2)24-25(20-10-18(3)27-31-16-32-35(27)12-20)33-21-11-23(38-26(21)24)19-4-6-29(7-5-19)14-34(15-29)28(36)22-13-37-9-8-30-22/h10-12,16-17,19,22,30,33H,4-9,13-15H2,1-3H3/t22-/m0/s1. The summed E-state index contributed by atoms with van der Waals surface area (Å²) in [6.45, 7) is 10.5. The Labute approximate surface area is 226 Å². The van der Waals surface area contributed by atoms with Gasteiger partial charge in [-0.05, 0) is 67.7 Å². The second-order valence-corrected chi connectivity index (χ2v) is 13.0. The largest absolute Gasteiger partial charge is 0.378 e. The minimum absolute atomic E-state index is 0.159. The van der Waals surface area contributed by atoms with E-state index in [4.69, 9.17) is 4.74 Å². The van der Waals surface area contributed by atoms with E-state index in [0.717, 1.165) is 36.4 Å². The fraction of sp³-hybridized carbons (Fsp3) is 0.552. The van der Waals surface area contributed by atoms with Crippen LogP contribution in [-0.2, 0) is 9.53 Å². The molecule has 6 heterocycles. The van der Waals surface area contributed by atoms with Crippen LogP contribution in [0.5, 0.6) is 0 Å². The number of nitrogens with zero attached hydrogens (tertiary/aromatic N) is 4. The number of pyridine rings is 1. The predicted octanol–water partition coefficient (Wildman–Crippen LogP) is 4.85. The molecule has 3 aliphatic rings. The fourth-order valence-corrected chi connectivity index (χ4v) is 8.41. The van der Waals surface area contributed by atoms with Crippen molar-refractivity contribution in [2.75, 3.05) is 32.8 Å². The average molecular weight is 533 g/mol. The van der Waals surface area contributed by atoms with Gasteiger partial charge in [0.2, 0.25) is 5.91 Å². The zero-order chi connectivity index (χ0) is 26.0. The van der Waals surface area contributed by atoms with Crippen LogP contribution in [0.2, 0.25) is 0 Å². The number of fused-ring (bicyclic) bond motifs is 2. The number of hydrogen-bond donors (Lipinski definition) is 2. The van der Waals surface area contributed by atoms with E-state index in [1.165, 1.54) is 52.0 Å². The normalized spacial score (nSPS) is 22.1. The summed E-state index contributed by atoms with van der Waals surface area (Å²) in [4.78, 5) is 24.5. The Morgan fingerprint density at radius 2 is 2.05 bits per heavy atom. The number of thiophene rings is 1. The zero-order valence-electron chi connectivity index (χ0n) is 22.4. The number of rotatable bonds is 4. The molecule has 2 N–H and O–H groups in total. The lowest BCUT2D eigenvalue weighted by Crippen LogP contribution is -2.64. The van der Waals surface area contributed by atoms with Crippen LogP contribution in [0.4, 0.5) is 0 Å². The lowest BCUT2D eigenvalue weighted by atomic mass is 9.65. The molecule has 1 aliphatic carbocycles. The van der Waals surface area contributed by atoms with E-state index in [2.05, 4.69) is 64.4 Å². The monoisotopic (exact) mass is 532 g/mol. The van der Waals surface area contributed by atoms with Crippen LogP contribution >= 0.6 is 11.3 Å². The van der Waals surface area contributed by atoms with Crippen molar-refractivity contribution < 1.29 is 9.53 Å². The summed E-state index contributed by atoms with van der Waals surface area (Å²) < 4.78 is 8.77. The topological polar surface area (TPSA) is 87.5 Å². The van der Waals surface area contributed by atoms with Gasteiger partial charge in [-0.15, -0.1) is 11.3 Å². The van der Waals surface area contributed by atoms with Crippen LogP contribution in [0, 0.1) is 12.3 Å². The molecule has 0 unspecified atom stereocenters. The van der Waals surface area contributed by atoms with Crippen molar-refractivity contribution in [1.82, 2.24) is 29.8 Å². The number of aromatic amines is 1. The first-order chi connectivity index (χ1) is 18.4. The summed E-state index contributed by atoms with van der Waals surface area (Å²) in [5.41, 5.74) is 7.38. The molecular formula is C29H36N6O2S. The molecule has 0 radical (unpaired) electrons. The molecule has 1 amide bonds. The highest BCUT2D eigenvalue weighted by Gasteiger charge is 2.48. The van der Waals surface area contributed by atoms with Crippen molar-refractivity contribution in [2.45, 2.75) is 64.3 Å². The molecule has 200 valence electrons. The minimum Gasteiger partial charge on any atom is -0.378 e. The molecule has 1 spiro atoms. The molecule has 0 aromatic carbocycles. The van der Waals surface area contributed by atoms with E-state index in [1.807, 2.05) is 15.9 Å². The SMILES string of the molecule is Cc1cc(-c2[nH]c3cc(C4CCC5(CC4)CN(C(=O)[C@@H]4COCCN4)C5)sc3c2C(C)C)cn2ncnc12. The summed E-state index contributed by atoms with van der Waals surface area (Å²) >= 11 is 1.98. The van der Waals surface area contributed by atoms with Crippen molar-refractivity contribution >= 4 is 33.1 Å². The van der Waals surface area contributed by atoms with Gasteiger partial charge in [0.15, 0.2) is 5.65 Å². The third-order valence-corrected chi connectivity index (χ3v) is 10.3. The predicted molar refractivity (Wildman–Crippen MR) is 150 cm³/mol. The van der Waals surface area contributed by atoms with Crippen LogP contribution in [0.1, 0.15) is 67.4 Å². The molecule has 2 saturated heterocycles. The van der Waals surface area contributed by atoms with Gasteiger partial charge in [-0.2, -0.15) is 5.10 Å². The van der Waals surface area contributed by atoms with Crippen molar-refractivity contribution in [3.8, 4) is 11.3 Å². The van der Waals surface area contributed by atoms with Crippen LogP contribution in [-0.4, -0.2) is 69.3 Å². The molecule has 3 fully saturated rings. The van der Waals surface area contributed by atoms with E-state index in [0.29, 0.717) is 30.5 Å². The van der Waals surface area contributed by atoms with Crippen molar-refractivity contribution in [1.29, 1.82) is 0 Å². The number of nitrogens with one attached hydrogen (secondary N) is 2. The van der Waals surface area contributed by atoms with Gasteiger partial charge in [-0.1, -0.05) is 13.8 Å². The van der Waals surface area contributed by atoms with E-state index in [-0.39, 0.29) is 11.9 Å². The van der Waals surface area contributed by atoms with Crippen molar-refractivity contribution in [2.24, 2.45) is 5.41 Å². The minimum atomic E-state index is -0.159. The number of likely N-dealkylation sites (tertiary alicyclic amines) is 1. The van der Waals surface area contributed by atoms with Crippen molar-refractivity contribution in [3.05, 3.63) is 40.7 Å². The van der Waals surface area contributed by atoms with Crippen LogP contribution < -0.4 is 5.32 Å². The number of morpholine rings is 1. The zero-order valence-corrected chi connectivity index (χ0v) is 23.2. The van der Waals surface area contributed by atoms with Gasteiger partial charge in [0.05, 0.1) is 29.1 Å². The van der Waals surface area contributed by atoms with Gasteiger partial charge < -0.3 is 19.9 Å². The van der Waals surface area contributed by atoms with Gasteiger partial charge in [-0.3, -0.25) is 4.79 Å². The molecule has 38 heavy (non-hydrogen) atoms. The highest BCUT2D eigenvalue weighted by molar-refractivity contribution is 7.19. The molecule has 4 aromatic rings. The van der Waals surface area contributed by atoms with Gasteiger partial charge in [-0.25, -0.2) is 9.50 Å². The van der Waals surface area contributed by atoms with E-state index >= 15 is 0 Å². The highest BCUT2D eigenvalue weighted by Crippen LogP contribution is 2.51. The Bertz CT molecular complexity index is 1490. The Balaban J connectivity index is 1.07. The summed E-state index contributed by atoms with van der Waals surface area (Å²) in [6, 6.07) is 4.47. The summed E-state index contributed by atoms with van der Waals surface area (Å²) in [5.74, 6) is 1.25. The van der Waals surface area contributed by atoms with Gasteiger partial charge in [0, 0.05) is 41.7 Å². The lowest BCUT2D eigenvalue weighted by Gasteiger charge is -2.54. The third kappa shape index (κ3) is 3.98. The first-order valence-electron chi connectivity index (χ1n) is 14.0. The average Bonchev–Trinajstić information content (AvgIpc) is 3.62. The van der Waals surface area contributed by atoms with Gasteiger partial charge >= 0.3 is 0 Å². The number of hydrogen-bond acceptors (Lipinski definition) is 6. The molecular weight excluding hydrogens is 496 g/mol. The second kappa shape index (κ2) is 9.17. The lowest BCUT2D eigenvalue weighted by molar-refractivity contribution is -0.151. The smallest absolute Gasteiger partial charge is 0.242 e. The molecule has 4 aromatic heterocycles. The van der Waals surface area contributed by atoms with Gasteiger partial charge in [0.1, 0.15) is 12.4 Å². The maximum Gasteiger partial charge on any atom is 0.242 e. The number of carbonyl (C=O) groups excluding carboxylic acids is 1. The maximum absolute atomic E-state index is 12.8. The Morgan fingerprint density at radius 3 is 2.79 bits per heavy atom. The number of ether oxygens (including phenoxy) is 1. The second-order valence-electron chi connectivity index (χ2n) is 12.0. The first-order valence-corrected chi connectivity index (χ1v) is 14.8. The highest BCUT2D eigenvalue weighted by atomic mass is 32.1. The maximum atomic E-state index is 12.8. The number of amides is 1. The van der Waals surface area contributed by atoms with Crippen LogP contribution in [0.15, 0.2) is 24.7 Å². The van der Waals surface area contributed by atoms with Crippen molar-refractivity contribution in [3.63, 3.8) is 0 Å². The molecule has 1 saturated carbocycles. The fourth-order valence-electron chi connectivity index (χ4n) is 6.92. The Kier molecular flexibility index (Phi) is 5.87. The molecule has 1 atom stereocenters. The molecule has 2 aliphatic heterocycles. The Hall–Kier alpha value is -2.75. The molecule has 9 heteroatoms. The van der Waals surface area contributed by atoms with Crippen LogP contribution in [0.25, 0.3) is 27.1 Å². The van der Waals surface area contributed by atoms with Crippen LogP contribution in [0.3, 0.4) is 0 Å². The van der Waals surface area contributed by atoms with E-state index < -0.39 is 0 Å².